The van der Waals surface area contributed by atoms with E-state index in [-0.39, 0.29) is 36.9 Å². The van der Waals surface area contributed by atoms with Crippen LogP contribution in [0.25, 0.3) is 0 Å². The molecule has 0 bridgehead atoms. The number of benzene rings is 2. The highest BCUT2D eigenvalue weighted by atomic mass is 16.6. The maximum Gasteiger partial charge on any atom is 0.410 e. The molecular weight excluding hydrogens is 674 g/mol. The number of ether oxygens (including phenoxy) is 3. The van der Waals surface area contributed by atoms with Gasteiger partial charge in [-0.2, -0.15) is 0 Å². The number of hydrogen-bond donors (Lipinski definition) is 1. The predicted molar refractivity (Wildman–Crippen MR) is 203 cm³/mol. The molecule has 4 aliphatic rings. The molecule has 1 aliphatic carbocycles. The molecule has 3 fully saturated rings. The predicted octanol–water partition coefficient (Wildman–Crippen LogP) is 5.33. The van der Waals surface area contributed by atoms with E-state index in [1.165, 1.54) is 4.90 Å². The van der Waals surface area contributed by atoms with E-state index in [0.717, 1.165) is 44.3 Å². The third-order valence-corrected chi connectivity index (χ3v) is 10.9. The topological polar surface area (TPSA) is 121 Å². The molecule has 6 rings (SSSR count). The molecule has 1 saturated carbocycles. The molecule has 0 spiro atoms. The van der Waals surface area contributed by atoms with E-state index in [2.05, 4.69) is 29.4 Å². The zero-order valence-corrected chi connectivity index (χ0v) is 32.5. The number of carbonyl (C=O) groups is 4. The van der Waals surface area contributed by atoms with Gasteiger partial charge in [-0.1, -0.05) is 30.3 Å². The van der Waals surface area contributed by atoms with E-state index in [4.69, 9.17) is 14.2 Å². The average Bonchev–Trinajstić information content (AvgIpc) is 3.96. The van der Waals surface area contributed by atoms with Gasteiger partial charge in [0.15, 0.2) is 5.60 Å². The number of amides is 4. The van der Waals surface area contributed by atoms with E-state index < -0.39 is 34.7 Å². The smallest absolute Gasteiger partial charge is 0.410 e. The van der Waals surface area contributed by atoms with Crippen LogP contribution in [-0.2, 0) is 29.4 Å². The molecule has 0 radical (unpaired) electrons. The molecule has 0 unspecified atom stereocenters. The lowest BCUT2D eigenvalue weighted by Crippen LogP contribution is -2.58. The first-order chi connectivity index (χ1) is 25.1. The van der Waals surface area contributed by atoms with Gasteiger partial charge in [-0.05, 0) is 104 Å². The molecular formula is C41H57N5O7. The highest BCUT2D eigenvalue weighted by molar-refractivity contribution is 6.04. The van der Waals surface area contributed by atoms with Gasteiger partial charge in [0.25, 0.3) is 5.91 Å². The van der Waals surface area contributed by atoms with Crippen molar-refractivity contribution in [2.75, 3.05) is 63.3 Å². The van der Waals surface area contributed by atoms with Crippen molar-refractivity contribution in [3.63, 3.8) is 0 Å². The summed E-state index contributed by atoms with van der Waals surface area (Å²) in [5.41, 5.74) is -0.00314. The number of methoxy groups -OCH3 is 1. The van der Waals surface area contributed by atoms with Crippen molar-refractivity contribution < 1.29 is 33.4 Å². The summed E-state index contributed by atoms with van der Waals surface area (Å²) in [6.07, 6.45) is 3.57. The fourth-order valence-corrected chi connectivity index (χ4v) is 7.87. The second kappa shape index (κ2) is 15.3. The van der Waals surface area contributed by atoms with Crippen molar-refractivity contribution in [1.29, 1.82) is 0 Å². The molecule has 12 heteroatoms. The number of carbonyl (C=O) groups excluding carboxylic acids is 4. The molecule has 3 aliphatic heterocycles. The lowest BCUT2D eigenvalue weighted by atomic mass is 9.79. The van der Waals surface area contributed by atoms with Crippen LogP contribution in [0.3, 0.4) is 0 Å². The van der Waals surface area contributed by atoms with Crippen molar-refractivity contribution in [2.24, 2.45) is 11.8 Å². The molecule has 2 aromatic rings. The van der Waals surface area contributed by atoms with Gasteiger partial charge in [-0.25, -0.2) is 4.79 Å². The van der Waals surface area contributed by atoms with Crippen LogP contribution in [0.15, 0.2) is 48.5 Å². The Morgan fingerprint density at radius 3 is 2.32 bits per heavy atom. The van der Waals surface area contributed by atoms with Crippen molar-refractivity contribution >= 4 is 35.2 Å². The van der Waals surface area contributed by atoms with E-state index in [1.54, 1.807) is 25.9 Å². The van der Waals surface area contributed by atoms with Gasteiger partial charge in [0.05, 0.1) is 23.1 Å². The van der Waals surface area contributed by atoms with E-state index >= 15 is 0 Å². The highest BCUT2D eigenvalue weighted by Crippen LogP contribution is 2.43. The first kappa shape index (κ1) is 38.6. The summed E-state index contributed by atoms with van der Waals surface area (Å²) in [5.74, 6) is -1.17. The van der Waals surface area contributed by atoms with Gasteiger partial charge in [0.2, 0.25) is 11.8 Å². The molecule has 2 atom stereocenters. The van der Waals surface area contributed by atoms with Gasteiger partial charge in [-0.15, -0.1) is 0 Å². The fourth-order valence-electron chi connectivity index (χ4n) is 7.87. The Bertz CT molecular complexity index is 1660. The van der Waals surface area contributed by atoms with Crippen molar-refractivity contribution in [2.45, 2.75) is 95.9 Å². The van der Waals surface area contributed by atoms with Crippen LogP contribution in [0.5, 0.6) is 5.75 Å². The second-order valence-electron chi connectivity index (χ2n) is 16.8. The zero-order valence-electron chi connectivity index (χ0n) is 32.5. The minimum atomic E-state index is -1.04. The largest absolute Gasteiger partial charge is 0.476 e. The standard InChI is InChI=1S/C41H57N5O7/c1-39(2,3)53-38(50)44-26-28(35(47)42-41(18-21-43(6)22-19-41)30-12-9-8-10-13-30)24-29(27-44)36(48)46(31-14-15-31)32-16-17-34-33(25-32)45(20-11-23-51-7)37(49)40(4,5)52-34/h8-10,12-13,16-17,25,28-29,31H,11,14-15,18-24,26-27H2,1-7H3,(H,42,47)/t28-,29+/m0/s1. The zero-order chi connectivity index (χ0) is 38.1. The molecule has 53 heavy (non-hydrogen) atoms. The number of hydrogen-bond acceptors (Lipinski definition) is 8. The van der Waals surface area contributed by atoms with Gasteiger partial charge < -0.3 is 39.1 Å². The van der Waals surface area contributed by atoms with Crippen LogP contribution in [0, 0.1) is 11.8 Å². The molecule has 288 valence electrons. The monoisotopic (exact) mass is 731 g/mol. The summed E-state index contributed by atoms with van der Waals surface area (Å²) < 4.78 is 17.2. The lowest BCUT2D eigenvalue weighted by molar-refractivity contribution is -0.133. The van der Waals surface area contributed by atoms with Gasteiger partial charge in [-0.3, -0.25) is 14.4 Å². The normalized spacial score (nSPS) is 22.7. The molecule has 2 aromatic carbocycles. The maximum atomic E-state index is 14.8. The van der Waals surface area contributed by atoms with E-state index in [1.807, 2.05) is 62.1 Å². The Morgan fingerprint density at radius 1 is 1.00 bits per heavy atom. The Balaban J connectivity index is 1.30. The van der Waals surface area contributed by atoms with E-state index in [0.29, 0.717) is 43.1 Å². The van der Waals surface area contributed by atoms with Crippen LogP contribution < -0.4 is 19.9 Å². The Morgan fingerprint density at radius 2 is 1.68 bits per heavy atom. The van der Waals surface area contributed by atoms with Crippen LogP contribution in [0.4, 0.5) is 16.2 Å². The fraction of sp³-hybridized carbons (Fsp3) is 0.610. The minimum absolute atomic E-state index is 0.0242. The summed E-state index contributed by atoms with van der Waals surface area (Å²) in [6.45, 7) is 11.9. The lowest BCUT2D eigenvalue weighted by Gasteiger charge is -2.44. The molecule has 1 N–H and O–H groups in total. The summed E-state index contributed by atoms with van der Waals surface area (Å²) in [6, 6.07) is 15.6. The third kappa shape index (κ3) is 8.64. The first-order valence-electron chi connectivity index (χ1n) is 19.1. The molecule has 3 heterocycles. The van der Waals surface area contributed by atoms with Crippen molar-refractivity contribution in [3.05, 3.63) is 54.1 Å². The van der Waals surface area contributed by atoms with Crippen LogP contribution in [-0.4, -0.2) is 104 Å². The Labute approximate surface area is 314 Å². The summed E-state index contributed by atoms with van der Waals surface area (Å²) in [4.78, 5) is 63.8. The number of nitrogens with one attached hydrogen (secondary N) is 1. The number of piperidine rings is 2. The number of anilines is 2. The number of likely N-dealkylation sites (tertiary alicyclic amines) is 2. The van der Waals surface area contributed by atoms with Crippen LogP contribution >= 0.6 is 0 Å². The maximum absolute atomic E-state index is 14.8. The van der Waals surface area contributed by atoms with Gasteiger partial charge in [0, 0.05) is 58.2 Å². The minimum Gasteiger partial charge on any atom is -0.476 e. The number of nitrogens with zero attached hydrogens (tertiary/aromatic N) is 4. The molecule has 2 saturated heterocycles. The third-order valence-electron chi connectivity index (χ3n) is 10.9. The molecule has 0 aromatic heterocycles. The van der Waals surface area contributed by atoms with E-state index in [9.17, 15) is 19.2 Å². The van der Waals surface area contributed by atoms with Gasteiger partial charge >= 0.3 is 6.09 Å². The Kier molecular flexibility index (Phi) is 11.1. The van der Waals surface area contributed by atoms with Crippen LogP contribution in [0.1, 0.15) is 78.7 Å². The first-order valence-corrected chi connectivity index (χ1v) is 19.1. The number of fused-ring (bicyclic) bond motifs is 1. The summed E-state index contributed by atoms with van der Waals surface area (Å²) >= 11 is 0. The average molecular weight is 732 g/mol. The van der Waals surface area contributed by atoms with Crippen molar-refractivity contribution in [3.8, 4) is 5.75 Å². The molecule has 12 nitrogen and oxygen atoms in total. The van der Waals surface area contributed by atoms with Gasteiger partial charge in [0.1, 0.15) is 11.4 Å². The van der Waals surface area contributed by atoms with Crippen LogP contribution in [0.2, 0.25) is 0 Å². The highest BCUT2D eigenvalue weighted by Gasteiger charge is 2.46. The number of rotatable bonds is 10. The quantitative estimate of drug-likeness (QED) is 0.326. The summed E-state index contributed by atoms with van der Waals surface area (Å²) in [5, 5.41) is 3.44. The molecule has 4 amide bonds. The second-order valence-corrected chi connectivity index (χ2v) is 16.8. The van der Waals surface area contributed by atoms with Crippen molar-refractivity contribution in [1.82, 2.24) is 15.1 Å². The SMILES string of the molecule is COCCCN1C(=O)C(C)(C)Oc2ccc(N(C(=O)[C@@H]3C[C@H](C(=O)NC4(c5ccccc5)CCN(C)CC4)CN(C(=O)OC(C)(C)C)C3)C3CC3)cc21. The summed E-state index contributed by atoms with van der Waals surface area (Å²) in [7, 11) is 3.72. The Hall–Kier alpha value is -4.16.